The molecule has 1 heterocycles. The summed E-state index contributed by atoms with van der Waals surface area (Å²) in [6.45, 7) is 2.04. The molecule has 0 radical (unpaired) electrons. The maximum Gasteiger partial charge on any atom is 0.251 e. The highest BCUT2D eigenvalue weighted by Gasteiger charge is 2.19. The fourth-order valence-corrected chi connectivity index (χ4v) is 3.91. The molecular formula is C15H23N3O3S2. The number of rotatable bonds is 8. The summed E-state index contributed by atoms with van der Waals surface area (Å²) in [5.41, 5.74) is 0.365. The van der Waals surface area contributed by atoms with Crippen molar-refractivity contribution >= 4 is 27.7 Å². The number of carbonyl (C=O) groups is 1. The molecule has 128 valence electrons. The molecule has 1 aliphatic rings. The molecule has 6 nitrogen and oxygen atoms in total. The SMILES string of the molecule is CSCCCNS(=O)(=O)c1cccc(C(=O)N[C@@H]2CCNC2)c1. The Morgan fingerprint density at radius 2 is 2.26 bits per heavy atom. The highest BCUT2D eigenvalue weighted by molar-refractivity contribution is 7.98. The van der Waals surface area contributed by atoms with Crippen LogP contribution in [0.15, 0.2) is 29.2 Å². The van der Waals surface area contributed by atoms with Crippen molar-refractivity contribution in [3.05, 3.63) is 29.8 Å². The molecule has 1 saturated heterocycles. The fourth-order valence-electron chi connectivity index (χ4n) is 2.36. The molecule has 0 unspecified atom stereocenters. The lowest BCUT2D eigenvalue weighted by molar-refractivity contribution is 0.0940. The molecule has 0 spiro atoms. The van der Waals surface area contributed by atoms with Crippen molar-refractivity contribution in [2.24, 2.45) is 0 Å². The highest BCUT2D eigenvalue weighted by Crippen LogP contribution is 2.12. The molecule has 3 N–H and O–H groups in total. The Morgan fingerprint density at radius 1 is 1.43 bits per heavy atom. The van der Waals surface area contributed by atoms with Gasteiger partial charge in [0.1, 0.15) is 0 Å². The minimum absolute atomic E-state index is 0.104. The molecule has 0 bridgehead atoms. The van der Waals surface area contributed by atoms with Gasteiger partial charge in [0.15, 0.2) is 0 Å². The number of nitrogens with one attached hydrogen (secondary N) is 3. The van der Waals surface area contributed by atoms with Crippen LogP contribution in [0.2, 0.25) is 0 Å². The molecule has 1 atom stereocenters. The van der Waals surface area contributed by atoms with E-state index in [2.05, 4.69) is 15.4 Å². The Morgan fingerprint density at radius 3 is 2.96 bits per heavy atom. The number of sulfonamides is 1. The quantitative estimate of drug-likeness (QED) is 0.599. The van der Waals surface area contributed by atoms with Crippen molar-refractivity contribution in [2.75, 3.05) is 31.6 Å². The molecule has 1 aromatic rings. The summed E-state index contributed by atoms with van der Waals surface area (Å²) >= 11 is 1.68. The van der Waals surface area contributed by atoms with Crippen LogP contribution in [0.1, 0.15) is 23.2 Å². The van der Waals surface area contributed by atoms with E-state index in [1.165, 1.54) is 12.1 Å². The van der Waals surface area contributed by atoms with Crippen LogP contribution in [-0.2, 0) is 10.0 Å². The second kappa shape index (κ2) is 8.68. The summed E-state index contributed by atoms with van der Waals surface area (Å²) in [6, 6.07) is 6.26. The molecular weight excluding hydrogens is 334 g/mol. The Kier molecular flexibility index (Phi) is 6.88. The summed E-state index contributed by atoms with van der Waals surface area (Å²) in [6.07, 6.45) is 3.65. The number of thioether (sulfide) groups is 1. The van der Waals surface area contributed by atoms with Crippen molar-refractivity contribution in [1.29, 1.82) is 0 Å². The molecule has 0 aromatic heterocycles. The van der Waals surface area contributed by atoms with Gasteiger partial charge in [0.25, 0.3) is 5.91 Å². The van der Waals surface area contributed by atoms with E-state index in [1.807, 2.05) is 6.26 Å². The van der Waals surface area contributed by atoms with Gasteiger partial charge in [-0.25, -0.2) is 13.1 Å². The van der Waals surface area contributed by atoms with Gasteiger partial charge in [-0.05, 0) is 49.6 Å². The van der Waals surface area contributed by atoms with E-state index >= 15 is 0 Å². The monoisotopic (exact) mass is 357 g/mol. The third-order valence-corrected chi connectivity index (χ3v) is 5.78. The Hall–Kier alpha value is -1.09. The van der Waals surface area contributed by atoms with E-state index in [0.717, 1.165) is 31.7 Å². The predicted octanol–water partition coefficient (Wildman–Crippen LogP) is 0.810. The van der Waals surface area contributed by atoms with E-state index in [1.54, 1.807) is 23.9 Å². The van der Waals surface area contributed by atoms with Crippen molar-refractivity contribution in [1.82, 2.24) is 15.4 Å². The van der Waals surface area contributed by atoms with Gasteiger partial charge in [-0.2, -0.15) is 11.8 Å². The van der Waals surface area contributed by atoms with Crippen LogP contribution in [0.25, 0.3) is 0 Å². The van der Waals surface area contributed by atoms with Crippen LogP contribution in [-0.4, -0.2) is 52.0 Å². The maximum absolute atomic E-state index is 12.3. The first-order valence-electron chi connectivity index (χ1n) is 7.63. The average molecular weight is 358 g/mol. The van der Waals surface area contributed by atoms with Gasteiger partial charge in [0, 0.05) is 24.7 Å². The van der Waals surface area contributed by atoms with E-state index in [9.17, 15) is 13.2 Å². The largest absolute Gasteiger partial charge is 0.348 e. The molecule has 0 aliphatic carbocycles. The van der Waals surface area contributed by atoms with Gasteiger partial charge in [0.05, 0.1) is 4.90 Å². The topological polar surface area (TPSA) is 87.3 Å². The van der Waals surface area contributed by atoms with Crippen LogP contribution < -0.4 is 15.4 Å². The second-order valence-electron chi connectivity index (χ2n) is 5.44. The molecule has 0 saturated carbocycles. The van der Waals surface area contributed by atoms with Crippen LogP contribution in [0.4, 0.5) is 0 Å². The lowest BCUT2D eigenvalue weighted by Crippen LogP contribution is -2.36. The molecule has 23 heavy (non-hydrogen) atoms. The molecule has 8 heteroatoms. The zero-order valence-corrected chi connectivity index (χ0v) is 14.8. The van der Waals surface area contributed by atoms with Crippen molar-refractivity contribution in [3.63, 3.8) is 0 Å². The average Bonchev–Trinajstić information content (AvgIpc) is 3.05. The summed E-state index contributed by atoms with van der Waals surface area (Å²) in [4.78, 5) is 12.3. The molecule has 1 aliphatic heterocycles. The van der Waals surface area contributed by atoms with E-state index in [0.29, 0.717) is 12.1 Å². The zero-order valence-electron chi connectivity index (χ0n) is 13.2. The van der Waals surface area contributed by atoms with Gasteiger partial charge in [-0.1, -0.05) is 6.07 Å². The number of amides is 1. The lowest BCUT2D eigenvalue weighted by Gasteiger charge is -2.12. The van der Waals surface area contributed by atoms with E-state index < -0.39 is 10.0 Å². The Labute approximate surface area is 141 Å². The van der Waals surface area contributed by atoms with Gasteiger partial charge >= 0.3 is 0 Å². The zero-order chi connectivity index (χ0) is 16.7. The predicted molar refractivity (Wildman–Crippen MR) is 93.4 cm³/mol. The van der Waals surface area contributed by atoms with Crippen LogP contribution in [0.3, 0.4) is 0 Å². The van der Waals surface area contributed by atoms with Gasteiger partial charge in [0.2, 0.25) is 10.0 Å². The summed E-state index contributed by atoms with van der Waals surface area (Å²) in [7, 11) is -3.58. The molecule has 1 aromatic carbocycles. The van der Waals surface area contributed by atoms with E-state index in [-0.39, 0.29) is 16.8 Å². The molecule has 2 rings (SSSR count). The van der Waals surface area contributed by atoms with Crippen LogP contribution in [0.5, 0.6) is 0 Å². The third-order valence-electron chi connectivity index (χ3n) is 3.62. The first-order valence-corrected chi connectivity index (χ1v) is 10.5. The number of benzene rings is 1. The van der Waals surface area contributed by atoms with Crippen molar-refractivity contribution < 1.29 is 13.2 Å². The smallest absolute Gasteiger partial charge is 0.251 e. The Bertz CT molecular complexity index is 629. The first-order chi connectivity index (χ1) is 11.0. The number of hydrogen-bond acceptors (Lipinski definition) is 5. The second-order valence-corrected chi connectivity index (χ2v) is 8.19. The van der Waals surface area contributed by atoms with E-state index in [4.69, 9.17) is 0 Å². The number of carbonyl (C=O) groups excluding carboxylic acids is 1. The standard InChI is InChI=1S/C15H23N3O3S2/c1-22-9-3-7-17-23(20,21)14-5-2-4-12(10-14)15(19)18-13-6-8-16-11-13/h2,4-5,10,13,16-17H,3,6-9,11H2,1H3,(H,18,19)/t13-/m1/s1. The Balaban J connectivity index is 2.01. The summed E-state index contributed by atoms with van der Waals surface area (Å²) in [5.74, 6) is 0.665. The fraction of sp³-hybridized carbons (Fsp3) is 0.533. The minimum atomic E-state index is -3.58. The van der Waals surface area contributed by atoms with Gasteiger partial charge < -0.3 is 10.6 Å². The number of hydrogen-bond donors (Lipinski definition) is 3. The van der Waals surface area contributed by atoms with Crippen LogP contribution in [0, 0.1) is 0 Å². The normalized spacial score (nSPS) is 18.0. The first kappa shape index (κ1) is 18.3. The van der Waals surface area contributed by atoms with Crippen molar-refractivity contribution in [2.45, 2.75) is 23.8 Å². The summed E-state index contributed by atoms with van der Waals surface area (Å²) in [5, 5.41) is 6.09. The molecule has 1 fully saturated rings. The maximum atomic E-state index is 12.3. The van der Waals surface area contributed by atoms with Gasteiger partial charge in [-0.15, -0.1) is 0 Å². The van der Waals surface area contributed by atoms with Gasteiger partial charge in [-0.3, -0.25) is 4.79 Å². The lowest BCUT2D eigenvalue weighted by atomic mass is 10.2. The summed E-state index contributed by atoms with van der Waals surface area (Å²) < 4.78 is 27.1. The minimum Gasteiger partial charge on any atom is -0.348 e. The highest BCUT2D eigenvalue weighted by atomic mass is 32.2. The van der Waals surface area contributed by atoms with Crippen molar-refractivity contribution in [3.8, 4) is 0 Å². The molecule has 1 amide bonds. The van der Waals surface area contributed by atoms with Crippen LogP contribution >= 0.6 is 11.8 Å². The third kappa shape index (κ3) is 5.49.